The molecule has 0 aromatic heterocycles. The number of hydrogen-bond donors (Lipinski definition) is 2. The maximum atomic E-state index is 11.2. The Bertz CT molecular complexity index is 526. The van der Waals surface area contributed by atoms with Crippen molar-refractivity contribution < 1.29 is 10.0 Å². The van der Waals surface area contributed by atoms with Crippen LogP contribution < -0.4 is 10.8 Å². The molecule has 0 heterocycles. The first-order valence-electron chi connectivity index (χ1n) is 5.13. The highest BCUT2D eigenvalue weighted by Crippen LogP contribution is 2.25. The lowest BCUT2D eigenvalue weighted by Crippen LogP contribution is -2.18. The van der Waals surface area contributed by atoms with E-state index in [2.05, 4.69) is 0 Å². The number of carbonyl (C=O) groups excluding carboxylic acids is 1. The molecule has 2 aromatic carbocycles. The summed E-state index contributed by atoms with van der Waals surface area (Å²) in [6.07, 6.45) is 0. The Morgan fingerprint density at radius 3 is 2.24 bits per heavy atom. The highest BCUT2D eigenvalue weighted by molar-refractivity contribution is 5.99. The van der Waals surface area contributed by atoms with Crippen molar-refractivity contribution in [1.29, 1.82) is 0 Å². The Hall–Kier alpha value is -2.33. The van der Waals surface area contributed by atoms with Crippen molar-refractivity contribution in [3.8, 4) is 0 Å². The van der Waals surface area contributed by atoms with Crippen LogP contribution in [-0.2, 0) is 0 Å². The zero-order chi connectivity index (χ0) is 12.3. The molecule has 2 aromatic rings. The van der Waals surface area contributed by atoms with Crippen LogP contribution in [0.1, 0.15) is 10.4 Å². The maximum absolute atomic E-state index is 11.2. The van der Waals surface area contributed by atoms with Crippen LogP contribution in [0, 0.1) is 0 Å². The molecular weight excluding hydrogens is 216 g/mol. The van der Waals surface area contributed by atoms with Gasteiger partial charge in [0.2, 0.25) is 0 Å². The predicted octanol–water partition coefficient (Wildman–Crippen LogP) is 2.31. The van der Waals surface area contributed by atoms with Gasteiger partial charge in [0.1, 0.15) is 0 Å². The Labute approximate surface area is 98.9 Å². The molecule has 0 fully saturated rings. The molecule has 4 nitrogen and oxygen atoms in total. The molecule has 0 aliphatic heterocycles. The van der Waals surface area contributed by atoms with Crippen LogP contribution in [0.25, 0.3) is 0 Å². The van der Waals surface area contributed by atoms with E-state index in [0.717, 1.165) is 5.06 Å². The number of primary amides is 1. The van der Waals surface area contributed by atoms with Gasteiger partial charge in [-0.25, -0.2) is 5.06 Å². The van der Waals surface area contributed by atoms with Gasteiger partial charge in [-0.1, -0.05) is 30.3 Å². The van der Waals surface area contributed by atoms with E-state index in [0.29, 0.717) is 11.4 Å². The molecule has 0 aliphatic rings. The van der Waals surface area contributed by atoms with E-state index >= 15 is 0 Å². The summed E-state index contributed by atoms with van der Waals surface area (Å²) in [5.41, 5.74) is 6.47. The summed E-state index contributed by atoms with van der Waals surface area (Å²) in [6.45, 7) is 0. The smallest absolute Gasteiger partial charge is 0.250 e. The normalized spacial score (nSPS) is 9.94. The van der Waals surface area contributed by atoms with Gasteiger partial charge < -0.3 is 5.73 Å². The first-order chi connectivity index (χ1) is 8.20. The van der Waals surface area contributed by atoms with Crippen LogP contribution >= 0.6 is 0 Å². The molecule has 0 saturated heterocycles. The van der Waals surface area contributed by atoms with E-state index in [1.54, 1.807) is 48.5 Å². The standard InChI is InChI=1S/C13H12N2O2/c14-13(16)11-8-4-5-9-12(11)15(17)10-6-2-1-3-7-10/h1-9,17H,(H2,14,16). The average Bonchev–Trinajstić information content (AvgIpc) is 2.39. The van der Waals surface area contributed by atoms with Gasteiger partial charge in [-0.3, -0.25) is 10.0 Å². The van der Waals surface area contributed by atoms with Gasteiger partial charge in [0.25, 0.3) is 5.91 Å². The predicted molar refractivity (Wildman–Crippen MR) is 65.3 cm³/mol. The first-order valence-corrected chi connectivity index (χ1v) is 5.13. The lowest BCUT2D eigenvalue weighted by molar-refractivity contribution is 0.0999. The molecule has 0 bridgehead atoms. The molecule has 17 heavy (non-hydrogen) atoms. The quantitative estimate of drug-likeness (QED) is 0.792. The van der Waals surface area contributed by atoms with Gasteiger partial charge in [-0.2, -0.15) is 0 Å². The number of para-hydroxylation sites is 2. The molecule has 0 unspecified atom stereocenters. The summed E-state index contributed by atoms with van der Waals surface area (Å²) in [4.78, 5) is 11.2. The summed E-state index contributed by atoms with van der Waals surface area (Å²) < 4.78 is 0. The van der Waals surface area contributed by atoms with Crippen LogP contribution in [-0.4, -0.2) is 11.1 Å². The number of nitrogens with zero attached hydrogens (tertiary/aromatic N) is 1. The van der Waals surface area contributed by atoms with E-state index < -0.39 is 5.91 Å². The lowest BCUT2D eigenvalue weighted by atomic mass is 10.1. The topological polar surface area (TPSA) is 66.6 Å². The monoisotopic (exact) mass is 228 g/mol. The fourth-order valence-corrected chi connectivity index (χ4v) is 1.57. The first kappa shape index (κ1) is 11.2. The van der Waals surface area contributed by atoms with Crippen LogP contribution in [0.2, 0.25) is 0 Å². The largest absolute Gasteiger partial charge is 0.366 e. The van der Waals surface area contributed by atoms with Crippen LogP contribution in [0.5, 0.6) is 0 Å². The molecule has 1 amide bonds. The second-order valence-electron chi connectivity index (χ2n) is 3.53. The molecule has 0 saturated carbocycles. The van der Waals surface area contributed by atoms with Gasteiger partial charge in [0, 0.05) is 0 Å². The third-order valence-corrected chi connectivity index (χ3v) is 2.40. The molecule has 3 N–H and O–H groups in total. The molecule has 0 spiro atoms. The van der Waals surface area contributed by atoms with Crippen LogP contribution in [0.4, 0.5) is 11.4 Å². The maximum Gasteiger partial charge on any atom is 0.250 e. The summed E-state index contributed by atoms with van der Waals surface area (Å²) in [5.74, 6) is -0.574. The minimum Gasteiger partial charge on any atom is -0.366 e. The fraction of sp³-hybridized carbons (Fsp3) is 0. The number of rotatable bonds is 3. The van der Waals surface area contributed by atoms with Crippen molar-refractivity contribution in [1.82, 2.24) is 0 Å². The van der Waals surface area contributed by atoms with E-state index in [1.165, 1.54) is 0 Å². The molecular formula is C13H12N2O2. The van der Waals surface area contributed by atoms with Crippen molar-refractivity contribution >= 4 is 17.3 Å². The number of benzene rings is 2. The molecule has 4 heteroatoms. The van der Waals surface area contributed by atoms with Gasteiger partial charge in [-0.05, 0) is 24.3 Å². The number of carbonyl (C=O) groups is 1. The Balaban J connectivity index is 2.44. The second-order valence-corrected chi connectivity index (χ2v) is 3.53. The van der Waals surface area contributed by atoms with Crippen LogP contribution in [0.15, 0.2) is 54.6 Å². The summed E-state index contributed by atoms with van der Waals surface area (Å²) in [6, 6.07) is 15.5. The third-order valence-electron chi connectivity index (χ3n) is 2.40. The fourth-order valence-electron chi connectivity index (χ4n) is 1.57. The minimum absolute atomic E-state index is 0.277. The number of anilines is 2. The summed E-state index contributed by atoms with van der Waals surface area (Å²) in [5, 5.41) is 11.0. The zero-order valence-electron chi connectivity index (χ0n) is 9.08. The number of amides is 1. The Kier molecular flexibility index (Phi) is 3.07. The second kappa shape index (κ2) is 4.67. The van der Waals surface area contributed by atoms with E-state index in [9.17, 15) is 10.0 Å². The minimum atomic E-state index is -0.574. The van der Waals surface area contributed by atoms with Crippen molar-refractivity contribution in [3.05, 3.63) is 60.2 Å². The molecule has 0 radical (unpaired) electrons. The molecule has 0 aliphatic carbocycles. The molecule has 86 valence electrons. The van der Waals surface area contributed by atoms with E-state index in [-0.39, 0.29) is 5.56 Å². The molecule has 2 rings (SSSR count). The summed E-state index contributed by atoms with van der Waals surface area (Å²) in [7, 11) is 0. The Morgan fingerprint density at radius 1 is 1.00 bits per heavy atom. The van der Waals surface area contributed by atoms with E-state index in [4.69, 9.17) is 5.73 Å². The van der Waals surface area contributed by atoms with Crippen LogP contribution in [0.3, 0.4) is 0 Å². The van der Waals surface area contributed by atoms with Gasteiger partial charge in [0.15, 0.2) is 0 Å². The van der Waals surface area contributed by atoms with Crippen molar-refractivity contribution in [3.63, 3.8) is 0 Å². The SMILES string of the molecule is NC(=O)c1ccccc1N(O)c1ccccc1. The summed E-state index contributed by atoms with van der Waals surface area (Å²) >= 11 is 0. The van der Waals surface area contributed by atoms with Crippen molar-refractivity contribution in [2.75, 3.05) is 5.06 Å². The number of nitrogens with two attached hydrogens (primary N) is 1. The highest BCUT2D eigenvalue weighted by Gasteiger charge is 2.13. The molecule has 0 atom stereocenters. The number of hydrogen-bond acceptors (Lipinski definition) is 3. The third kappa shape index (κ3) is 2.26. The van der Waals surface area contributed by atoms with E-state index in [1.807, 2.05) is 6.07 Å². The van der Waals surface area contributed by atoms with Crippen molar-refractivity contribution in [2.45, 2.75) is 0 Å². The Morgan fingerprint density at radius 2 is 1.59 bits per heavy atom. The van der Waals surface area contributed by atoms with Crippen molar-refractivity contribution in [2.24, 2.45) is 5.73 Å². The zero-order valence-corrected chi connectivity index (χ0v) is 9.08. The lowest BCUT2D eigenvalue weighted by Gasteiger charge is -2.18. The average molecular weight is 228 g/mol. The van der Waals surface area contributed by atoms with Gasteiger partial charge >= 0.3 is 0 Å². The van der Waals surface area contributed by atoms with Gasteiger partial charge in [0.05, 0.1) is 16.9 Å². The van der Waals surface area contributed by atoms with Gasteiger partial charge in [-0.15, -0.1) is 0 Å². The highest BCUT2D eigenvalue weighted by atomic mass is 16.5.